The van der Waals surface area contributed by atoms with Crippen molar-refractivity contribution < 1.29 is 13.6 Å². The molecule has 0 aliphatic carbocycles. The van der Waals surface area contributed by atoms with Gasteiger partial charge >= 0.3 is 0 Å². The van der Waals surface area contributed by atoms with Crippen LogP contribution in [0.2, 0.25) is 0 Å². The van der Waals surface area contributed by atoms with Crippen LogP contribution in [0.5, 0.6) is 0 Å². The van der Waals surface area contributed by atoms with E-state index in [0.717, 1.165) is 24.9 Å². The van der Waals surface area contributed by atoms with Gasteiger partial charge < -0.3 is 9.73 Å². The number of aromatic nitrogens is 2. The number of hydrogen-bond donors (Lipinski definition) is 1. The number of pyridine rings is 1. The van der Waals surface area contributed by atoms with Crippen molar-refractivity contribution in [2.75, 3.05) is 19.6 Å². The lowest BCUT2D eigenvalue weighted by atomic mass is 9.98. The van der Waals surface area contributed by atoms with Gasteiger partial charge in [0.15, 0.2) is 11.5 Å². The van der Waals surface area contributed by atoms with E-state index in [9.17, 15) is 9.18 Å². The van der Waals surface area contributed by atoms with Gasteiger partial charge in [0.25, 0.3) is 0 Å². The number of piperidine rings is 1. The van der Waals surface area contributed by atoms with E-state index in [-0.39, 0.29) is 17.6 Å². The first kappa shape index (κ1) is 17.6. The summed E-state index contributed by atoms with van der Waals surface area (Å²) in [4.78, 5) is 22.9. The Morgan fingerprint density at radius 3 is 3.15 bits per heavy atom. The van der Waals surface area contributed by atoms with Gasteiger partial charge in [0.1, 0.15) is 11.3 Å². The average Bonchev–Trinajstić information content (AvgIpc) is 3.11. The number of fused-ring (bicyclic) bond motifs is 1. The van der Waals surface area contributed by atoms with Crippen molar-refractivity contribution in [3.8, 4) is 0 Å². The lowest BCUT2D eigenvalue weighted by Crippen LogP contribution is -2.41. The molecule has 1 aromatic carbocycles. The molecule has 4 rings (SSSR count). The fraction of sp³-hybridized carbons (Fsp3) is 0.350. The SMILES string of the molecule is O=C(CN1CCC[C@@H](c2nc3ccc(F)cc3o2)C1)NCc1cccnc1. The second kappa shape index (κ2) is 7.84. The third kappa shape index (κ3) is 4.31. The summed E-state index contributed by atoms with van der Waals surface area (Å²) in [5, 5.41) is 2.93. The van der Waals surface area contributed by atoms with Crippen LogP contribution in [0.1, 0.15) is 30.2 Å². The summed E-state index contributed by atoms with van der Waals surface area (Å²) in [5.74, 6) is 0.385. The highest BCUT2D eigenvalue weighted by Crippen LogP contribution is 2.29. The summed E-state index contributed by atoms with van der Waals surface area (Å²) in [6.45, 7) is 2.38. The first-order chi connectivity index (χ1) is 13.2. The van der Waals surface area contributed by atoms with Crippen molar-refractivity contribution in [3.63, 3.8) is 0 Å². The van der Waals surface area contributed by atoms with Crippen molar-refractivity contribution in [1.29, 1.82) is 0 Å². The molecule has 0 spiro atoms. The van der Waals surface area contributed by atoms with Gasteiger partial charge in [0.05, 0.1) is 6.54 Å². The van der Waals surface area contributed by atoms with Gasteiger partial charge in [-0.05, 0) is 43.1 Å². The van der Waals surface area contributed by atoms with Crippen LogP contribution in [0.3, 0.4) is 0 Å². The molecule has 1 fully saturated rings. The molecule has 1 N–H and O–H groups in total. The van der Waals surface area contributed by atoms with Gasteiger partial charge in [-0.2, -0.15) is 0 Å². The Balaban J connectivity index is 1.35. The Hall–Kier alpha value is -2.80. The van der Waals surface area contributed by atoms with E-state index in [1.807, 2.05) is 12.1 Å². The second-order valence-corrected chi connectivity index (χ2v) is 6.88. The Morgan fingerprint density at radius 2 is 2.30 bits per heavy atom. The third-order valence-corrected chi connectivity index (χ3v) is 4.80. The monoisotopic (exact) mass is 368 g/mol. The number of nitrogens with zero attached hydrogens (tertiary/aromatic N) is 3. The van der Waals surface area contributed by atoms with Gasteiger partial charge in [-0.15, -0.1) is 0 Å². The van der Waals surface area contributed by atoms with E-state index < -0.39 is 0 Å². The number of likely N-dealkylation sites (tertiary alicyclic amines) is 1. The number of benzene rings is 1. The van der Waals surface area contributed by atoms with Gasteiger partial charge in [-0.25, -0.2) is 9.37 Å². The van der Waals surface area contributed by atoms with E-state index in [4.69, 9.17) is 4.42 Å². The summed E-state index contributed by atoms with van der Waals surface area (Å²) in [6.07, 6.45) is 5.36. The topological polar surface area (TPSA) is 71.3 Å². The molecule has 1 amide bonds. The molecule has 1 atom stereocenters. The summed E-state index contributed by atoms with van der Waals surface area (Å²) < 4.78 is 19.1. The van der Waals surface area contributed by atoms with Crippen LogP contribution in [-0.4, -0.2) is 40.4 Å². The highest BCUT2D eigenvalue weighted by atomic mass is 19.1. The molecule has 27 heavy (non-hydrogen) atoms. The summed E-state index contributed by atoms with van der Waals surface area (Å²) in [7, 11) is 0. The number of rotatable bonds is 5. The number of halogens is 1. The van der Waals surface area contributed by atoms with Gasteiger partial charge in [0, 0.05) is 37.5 Å². The average molecular weight is 368 g/mol. The van der Waals surface area contributed by atoms with Gasteiger partial charge in [0.2, 0.25) is 5.91 Å². The Kier molecular flexibility index (Phi) is 5.11. The van der Waals surface area contributed by atoms with Crippen LogP contribution in [0.15, 0.2) is 47.1 Å². The predicted molar refractivity (Wildman–Crippen MR) is 98.5 cm³/mol. The van der Waals surface area contributed by atoms with Crippen molar-refractivity contribution in [2.45, 2.75) is 25.3 Å². The van der Waals surface area contributed by atoms with E-state index in [2.05, 4.69) is 20.2 Å². The molecule has 2 aromatic heterocycles. The zero-order valence-corrected chi connectivity index (χ0v) is 14.9. The van der Waals surface area contributed by atoms with E-state index >= 15 is 0 Å². The fourth-order valence-electron chi connectivity index (χ4n) is 3.45. The van der Waals surface area contributed by atoms with E-state index in [1.54, 1.807) is 18.5 Å². The molecule has 1 saturated heterocycles. The van der Waals surface area contributed by atoms with Crippen LogP contribution in [0, 0.1) is 5.82 Å². The number of hydrogen-bond acceptors (Lipinski definition) is 5. The van der Waals surface area contributed by atoms with Crippen molar-refractivity contribution in [2.24, 2.45) is 0 Å². The largest absolute Gasteiger partial charge is 0.440 e. The van der Waals surface area contributed by atoms with Crippen molar-refractivity contribution in [1.82, 2.24) is 20.2 Å². The highest BCUT2D eigenvalue weighted by molar-refractivity contribution is 5.78. The smallest absolute Gasteiger partial charge is 0.234 e. The molecule has 1 aliphatic heterocycles. The summed E-state index contributed by atoms with van der Waals surface area (Å²) in [6, 6.07) is 8.15. The fourth-order valence-corrected chi connectivity index (χ4v) is 3.45. The Morgan fingerprint density at radius 1 is 1.37 bits per heavy atom. The first-order valence-electron chi connectivity index (χ1n) is 9.11. The quantitative estimate of drug-likeness (QED) is 0.750. The standard InChI is InChI=1S/C20H21FN4O2/c21-16-5-6-17-18(9-16)27-20(24-17)15-4-2-8-25(12-15)13-19(26)23-11-14-3-1-7-22-10-14/h1,3,5-7,9-10,15H,2,4,8,11-13H2,(H,23,26)/t15-/m1/s1. The number of carbonyl (C=O) groups excluding carboxylic acids is 1. The number of nitrogens with one attached hydrogen (secondary N) is 1. The summed E-state index contributed by atoms with van der Waals surface area (Å²) in [5.41, 5.74) is 2.11. The minimum atomic E-state index is -0.333. The zero-order chi connectivity index (χ0) is 18.6. The first-order valence-corrected chi connectivity index (χ1v) is 9.11. The molecule has 140 valence electrons. The second-order valence-electron chi connectivity index (χ2n) is 6.88. The predicted octanol–water partition coefficient (Wildman–Crippen LogP) is 2.86. The minimum absolute atomic E-state index is 0.0147. The van der Waals surface area contributed by atoms with E-state index in [1.165, 1.54) is 12.1 Å². The molecular formula is C20H21FN4O2. The molecule has 3 heterocycles. The highest BCUT2D eigenvalue weighted by Gasteiger charge is 2.26. The van der Waals surface area contributed by atoms with E-state index in [0.29, 0.717) is 36.6 Å². The number of oxazole rings is 1. The zero-order valence-electron chi connectivity index (χ0n) is 14.9. The maximum Gasteiger partial charge on any atom is 0.234 e. The molecule has 6 nitrogen and oxygen atoms in total. The normalized spacial score (nSPS) is 17.9. The lowest BCUT2D eigenvalue weighted by Gasteiger charge is -2.30. The molecular weight excluding hydrogens is 347 g/mol. The third-order valence-electron chi connectivity index (χ3n) is 4.80. The lowest BCUT2D eigenvalue weighted by molar-refractivity contribution is -0.122. The van der Waals surface area contributed by atoms with Crippen LogP contribution in [-0.2, 0) is 11.3 Å². The minimum Gasteiger partial charge on any atom is -0.440 e. The van der Waals surface area contributed by atoms with Crippen molar-refractivity contribution in [3.05, 3.63) is 60.0 Å². The summed E-state index contributed by atoms with van der Waals surface area (Å²) >= 11 is 0. The number of amides is 1. The van der Waals surface area contributed by atoms with Gasteiger partial charge in [-0.3, -0.25) is 14.7 Å². The molecule has 7 heteroatoms. The molecule has 1 aliphatic rings. The van der Waals surface area contributed by atoms with Crippen LogP contribution < -0.4 is 5.32 Å². The molecule has 0 unspecified atom stereocenters. The Labute approximate surface area is 156 Å². The maximum atomic E-state index is 13.3. The Bertz CT molecular complexity index is 928. The molecule has 3 aromatic rings. The van der Waals surface area contributed by atoms with Gasteiger partial charge in [-0.1, -0.05) is 6.07 Å². The van der Waals surface area contributed by atoms with Crippen LogP contribution in [0.4, 0.5) is 4.39 Å². The van der Waals surface area contributed by atoms with Crippen molar-refractivity contribution >= 4 is 17.0 Å². The molecule has 0 bridgehead atoms. The number of carbonyl (C=O) groups is 1. The molecule has 0 radical (unpaired) electrons. The van der Waals surface area contributed by atoms with Crippen LogP contribution >= 0.6 is 0 Å². The molecule has 0 saturated carbocycles. The maximum absolute atomic E-state index is 13.3. The van der Waals surface area contributed by atoms with Crippen LogP contribution in [0.25, 0.3) is 11.1 Å².